The number of nitrogens with zero attached hydrogens (tertiary/aromatic N) is 2. The molecular weight excluding hydrogens is 309 g/mol. The van der Waals surface area contributed by atoms with Crippen LogP contribution >= 0.6 is 23.2 Å². The number of hydrogen-bond donors (Lipinski definition) is 1. The van der Waals surface area contributed by atoms with Gasteiger partial charge in [-0.05, 0) is 17.7 Å². The largest absolute Gasteiger partial charge is 0.373 e. The van der Waals surface area contributed by atoms with E-state index >= 15 is 0 Å². The Bertz CT molecular complexity index is 661. The second-order valence-corrected chi connectivity index (χ2v) is 5.37. The number of amides is 1. The summed E-state index contributed by atoms with van der Waals surface area (Å²) in [6.07, 6.45) is 1.46. The Morgan fingerprint density at radius 2 is 2.00 bits per heavy atom. The van der Waals surface area contributed by atoms with Crippen LogP contribution < -0.4 is 5.32 Å². The van der Waals surface area contributed by atoms with E-state index in [9.17, 15) is 4.79 Å². The van der Waals surface area contributed by atoms with Crippen LogP contribution in [0.2, 0.25) is 10.0 Å². The molecule has 1 heterocycles. The molecule has 0 aliphatic carbocycles. The first-order chi connectivity index (χ1) is 10.0. The first-order valence-electron chi connectivity index (χ1n) is 6.35. The van der Waals surface area contributed by atoms with Crippen LogP contribution in [0.5, 0.6) is 0 Å². The standard InChI is InChI=1S/C15H15Cl2N3O/c1-18-14-7-11(13(17)8-19-14)15(21)20(2)9-10-5-3-4-6-12(10)16/h3-8H,9H2,1-2H3,(H,18,19). The molecule has 0 aliphatic heterocycles. The summed E-state index contributed by atoms with van der Waals surface area (Å²) in [7, 11) is 3.44. The number of halogens is 2. The molecular formula is C15H15Cl2N3O. The van der Waals surface area contributed by atoms with Crippen molar-refractivity contribution in [2.45, 2.75) is 6.54 Å². The van der Waals surface area contributed by atoms with Crippen molar-refractivity contribution < 1.29 is 4.79 Å². The topological polar surface area (TPSA) is 45.2 Å². The maximum Gasteiger partial charge on any atom is 0.255 e. The number of hydrogen-bond acceptors (Lipinski definition) is 3. The number of benzene rings is 1. The van der Waals surface area contributed by atoms with E-state index in [4.69, 9.17) is 23.2 Å². The lowest BCUT2D eigenvalue weighted by Gasteiger charge is -2.19. The van der Waals surface area contributed by atoms with Crippen LogP contribution in [0.4, 0.5) is 5.82 Å². The molecule has 1 aromatic carbocycles. The van der Waals surface area contributed by atoms with Gasteiger partial charge in [0, 0.05) is 31.9 Å². The molecule has 2 aromatic rings. The van der Waals surface area contributed by atoms with Crippen LogP contribution in [-0.4, -0.2) is 29.9 Å². The third-order valence-electron chi connectivity index (χ3n) is 3.05. The molecule has 0 bridgehead atoms. The van der Waals surface area contributed by atoms with Gasteiger partial charge in [-0.2, -0.15) is 0 Å². The summed E-state index contributed by atoms with van der Waals surface area (Å²) in [5, 5.41) is 3.84. The summed E-state index contributed by atoms with van der Waals surface area (Å²) in [4.78, 5) is 18.1. The lowest BCUT2D eigenvalue weighted by Crippen LogP contribution is -2.26. The zero-order valence-corrected chi connectivity index (χ0v) is 13.2. The SMILES string of the molecule is CNc1cc(C(=O)N(C)Cc2ccccc2Cl)c(Cl)cn1. The van der Waals surface area contributed by atoms with Crippen LogP contribution in [0.1, 0.15) is 15.9 Å². The molecule has 0 aliphatic rings. The van der Waals surface area contributed by atoms with Crippen molar-refractivity contribution in [2.24, 2.45) is 0 Å². The molecule has 1 N–H and O–H groups in total. The van der Waals surface area contributed by atoms with Gasteiger partial charge in [-0.3, -0.25) is 4.79 Å². The number of nitrogens with one attached hydrogen (secondary N) is 1. The fourth-order valence-electron chi connectivity index (χ4n) is 1.90. The Balaban J connectivity index is 2.22. The highest BCUT2D eigenvalue weighted by Gasteiger charge is 2.17. The first-order valence-corrected chi connectivity index (χ1v) is 7.10. The van der Waals surface area contributed by atoms with E-state index in [0.717, 1.165) is 5.56 Å². The van der Waals surface area contributed by atoms with Gasteiger partial charge in [0.05, 0.1) is 10.6 Å². The summed E-state index contributed by atoms with van der Waals surface area (Å²) in [6, 6.07) is 9.06. The van der Waals surface area contributed by atoms with Crippen LogP contribution in [0.15, 0.2) is 36.5 Å². The lowest BCUT2D eigenvalue weighted by atomic mass is 10.2. The van der Waals surface area contributed by atoms with Crippen LogP contribution in [-0.2, 0) is 6.54 Å². The predicted octanol–water partition coefficient (Wildman–Crippen LogP) is 3.70. The van der Waals surface area contributed by atoms with E-state index < -0.39 is 0 Å². The van der Waals surface area contributed by atoms with Crippen molar-refractivity contribution in [3.05, 3.63) is 57.7 Å². The normalized spacial score (nSPS) is 10.3. The molecule has 1 amide bonds. The average Bonchev–Trinajstić information content (AvgIpc) is 2.49. The number of carbonyl (C=O) groups is 1. The molecule has 0 spiro atoms. The lowest BCUT2D eigenvalue weighted by molar-refractivity contribution is 0.0785. The van der Waals surface area contributed by atoms with Gasteiger partial charge < -0.3 is 10.2 Å². The van der Waals surface area contributed by atoms with Crippen molar-refractivity contribution in [1.82, 2.24) is 9.88 Å². The maximum atomic E-state index is 12.5. The molecule has 0 atom stereocenters. The van der Waals surface area contributed by atoms with Gasteiger partial charge in [-0.15, -0.1) is 0 Å². The summed E-state index contributed by atoms with van der Waals surface area (Å²) >= 11 is 12.2. The highest BCUT2D eigenvalue weighted by atomic mass is 35.5. The summed E-state index contributed by atoms with van der Waals surface area (Å²) in [6.45, 7) is 0.409. The molecule has 0 saturated heterocycles. The van der Waals surface area contributed by atoms with E-state index in [2.05, 4.69) is 10.3 Å². The van der Waals surface area contributed by atoms with Gasteiger partial charge in [0.2, 0.25) is 0 Å². The summed E-state index contributed by atoms with van der Waals surface area (Å²) < 4.78 is 0. The van der Waals surface area contributed by atoms with Crippen LogP contribution in [0.25, 0.3) is 0 Å². The highest BCUT2D eigenvalue weighted by Crippen LogP contribution is 2.21. The number of anilines is 1. The van der Waals surface area contributed by atoms with Crippen molar-refractivity contribution in [3.8, 4) is 0 Å². The van der Waals surface area contributed by atoms with Crippen molar-refractivity contribution in [3.63, 3.8) is 0 Å². The van der Waals surface area contributed by atoms with Crippen molar-refractivity contribution in [1.29, 1.82) is 0 Å². The molecule has 1 aromatic heterocycles. The van der Waals surface area contributed by atoms with Gasteiger partial charge in [0.25, 0.3) is 5.91 Å². The minimum atomic E-state index is -0.182. The quantitative estimate of drug-likeness (QED) is 0.933. The fourth-order valence-corrected chi connectivity index (χ4v) is 2.28. The van der Waals surface area contributed by atoms with E-state index in [-0.39, 0.29) is 5.91 Å². The minimum Gasteiger partial charge on any atom is -0.373 e. The zero-order valence-electron chi connectivity index (χ0n) is 11.7. The smallest absolute Gasteiger partial charge is 0.255 e. The molecule has 110 valence electrons. The number of aromatic nitrogens is 1. The van der Waals surface area contributed by atoms with Gasteiger partial charge >= 0.3 is 0 Å². The Hall–Kier alpha value is -1.78. The Kier molecular flexibility index (Phi) is 5.04. The molecule has 21 heavy (non-hydrogen) atoms. The third-order valence-corrected chi connectivity index (χ3v) is 3.72. The monoisotopic (exact) mass is 323 g/mol. The Morgan fingerprint density at radius 1 is 1.29 bits per heavy atom. The molecule has 0 unspecified atom stereocenters. The predicted molar refractivity (Wildman–Crippen MR) is 86.0 cm³/mol. The van der Waals surface area contributed by atoms with Crippen molar-refractivity contribution in [2.75, 3.05) is 19.4 Å². The van der Waals surface area contributed by atoms with E-state index in [1.807, 2.05) is 18.2 Å². The average molecular weight is 324 g/mol. The molecule has 0 radical (unpaired) electrons. The second kappa shape index (κ2) is 6.78. The first kappa shape index (κ1) is 15.6. The maximum absolute atomic E-state index is 12.5. The molecule has 0 fully saturated rings. The Labute approximate surface area is 133 Å². The highest BCUT2D eigenvalue weighted by molar-refractivity contribution is 6.33. The number of carbonyl (C=O) groups excluding carboxylic acids is 1. The Morgan fingerprint density at radius 3 is 2.67 bits per heavy atom. The molecule has 6 heteroatoms. The van der Waals surface area contributed by atoms with E-state index in [1.54, 1.807) is 31.1 Å². The van der Waals surface area contributed by atoms with Crippen molar-refractivity contribution >= 4 is 34.9 Å². The number of pyridine rings is 1. The fraction of sp³-hybridized carbons (Fsp3) is 0.200. The van der Waals surface area contributed by atoms with E-state index in [1.165, 1.54) is 6.20 Å². The zero-order chi connectivity index (χ0) is 15.4. The third kappa shape index (κ3) is 3.65. The van der Waals surface area contributed by atoms with Crippen LogP contribution in [0, 0.1) is 0 Å². The summed E-state index contributed by atoms with van der Waals surface area (Å²) in [5.41, 5.74) is 1.29. The van der Waals surface area contributed by atoms with Gasteiger partial charge in [-0.25, -0.2) is 4.98 Å². The van der Waals surface area contributed by atoms with E-state index in [0.29, 0.717) is 28.0 Å². The van der Waals surface area contributed by atoms with Gasteiger partial charge in [-0.1, -0.05) is 41.4 Å². The molecule has 4 nitrogen and oxygen atoms in total. The molecule has 0 saturated carbocycles. The number of rotatable bonds is 4. The van der Waals surface area contributed by atoms with Gasteiger partial charge in [0.15, 0.2) is 0 Å². The van der Waals surface area contributed by atoms with Gasteiger partial charge in [0.1, 0.15) is 5.82 Å². The van der Waals surface area contributed by atoms with Crippen LogP contribution in [0.3, 0.4) is 0 Å². The second-order valence-electron chi connectivity index (χ2n) is 4.55. The minimum absolute atomic E-state index is 0.182. The summed E-state index contributed by atoms with van der Waals surface area (Å²) in [5.74, 6) is 0.410. The molecule has 2 rings (SSSR count).